The molecule has 1 rings (SSSR count). The number of nitrogens with zero attached hydrogens (tertiary/aromatic N) is 3. The molecule has 0 fully saturated rings. The number of hydrogen-bond donors (Lipinski definition) is 1. The summed E-state index contributed by atoms with van der Waals surface area (Å²) in [6.07, 6.45) is 3.89. The first-order chi connectivity index (χ1) is 9.92. The van der Waals surface area contributed by atoms with Gasteiger partial charge in [-0.15, -0.1) is 0 Å². The van der Waals surface area contributed by atoms with E-state index >= 15 is 0 Å². The summed E-state index contributed by atoms with van der Waals surface area (Å²) in [7, 11) is 0. The second-order valence-electron chi connectivity index (χ2n) is 5.79. The Balaban J connectivity index is 2.22. The Bertz CT molecular complexity index is 417. The van der Waals surface area contributed by atoms with Crippen molar-refractivity contribution in [3.63, 3.8) is 0 Å². The van der Waals surface area contributed by atoms with Crippen molar-refractivity contribution in [2.45, 2.75) is 46.3 Å². The van der Waals surface area contributed by atoms with Crippen LogP contribution in [0, 0.1) is 0 Å². The lowest BCUT2D eigenvalue weighted by molar-refractivity contribution is 0.0258. The minimum Gasteiger partial charge on any atom is -0.444 e. The Morgan fingerprint density at radius 2 is 2.19 bits per heavy atom. The molecular formula is C15H26N4O2. The second kappa shape index (κ2) is 8.56. The lowest BCUT2D eigenvalue weighted by Gasteiger charge is -2.26. The lowest BCUT2D eigenvalue weighted by Crippen LogP contribution is -2.38. The highest BCUT2D eigenvalue weighted by Gasteiger charge is 2.20. The van der Waals surface area contributed by atoms with Crippen molar-refractivity contribution in [1.82, 2.24) is 20.2 Å². The first-order valence-corrected chi connectivity index (χ1v) is 7.36. The van der Waals surface area contributed by atoms with E-state index in [1.807, 2.05) is 33.8 Å². The Morgan fingerprint density at radius 3 is 2.76 bits per heavy atom. The largest absolute Gasteiger partial charge is 0.444 e. The molecule has 0 aliphatic rings. The van der Waals surface area contributed by atoms with Crippen molar-refractivity contribution < 1.29 is 9.53 Å². The molecule has 0 radical (unpaired) electrons. The highest BCUT2D eigenvalue weighted by molar-refractivity contribution is 5.68. The molecule has 0 aromatic carbocycles. The van der Waals surface area contributed by atoms with Crippen LogP contribution in [-0.4, -0.2) is 46.2 Å². The zero-order valence-corrected chi connectivity index (χ0v) is 13.4. The van der Waals surface area contributed by atoms with Crippen LogP contribution in [0.3, 0.4) is 0 Å². The fourth-order valence-electron chi connectivity index (χ4n) is 1.74. The normalized spacial score (nSPS) is 11.2. The molecule has 0 atom stereocenters. The Kier molecular flexibility index (Phi) is 7.08. The van der Waals surface area contributed by atoms with Crippen molar-refractivity contribution in [3.8, 4) is 0 Å². The summed E-state index contributed by atoms with van der Waals surface area (Å²) >= 11 is 0. The third kappa shape index (κ3) is 7.60. The monoisotopic (exact) mass is 294 g/mol. The summed E-state index contributed by atoms with van der Waals surface area (Å²) in [6.45, 7) is 10.5. The smallest absolute Gasteiger partial charge is 0.410 e. The molecule has 0 saturated carbocycles. The van der Waals surface area contributed by atoms with E-state index in [1.165, 1.54) is 0 Å². The molecule has 0 saturated heterocycles. The molecule has 1 heterocycles. The van der Waals surface area contributed by atoms with Gasteiger partial charge in [-0.3, -0.25) is 0 Å². The maximum atomic E-state index is 11.9. The number of rotatable bonds is 7. The summed E-state index contributed by atoms with van der Waals surface area (Å²) in [5.41, 5.74) is 0.514. The van der Waals surface area contributed by atoms with Crippen LogP contribution < -0.4 is 5.32 Å². The van der Waals surface area contributed by atoms with Gasteiger partial charge in [0.15, 0.2) is 0 Å². The van der Waals surface area contributed by atoms with Gasteiger partial charge in [0.1, 0.15) is 11.9 Å². The Morgan fingerprint density at radius 1 is 1.43 bits per heavy atom. The number of carbonyl (C=O) groups is 1. The lowest BCUT2D eigenvalue weighted by atomic mass is 10.2. The quantitative estimate of drug-likeness (QED) is 0.781. The predicted molar refractivity (Wildman–Crippen MR) is 81.8 cm³/mol. The first-order valence-electron chi connectivity index (χ1n) is 7.36. The predicted octanol–water partition coefficient (Wildman–Crippen LogP) is 2.21. The number of hydrogen-bond acceptors (Lipinski definition) is 5. The van der Waals surface area contributed by atoms with E-state index in [0.29, 0.717) is 19.6 Å². The van der Waals surface area contributed by atoms with Gasteiger partial charge in [0.2, 0.25) is 0 Å². The minimum absolute atomic E-state index is 0.249. The summed E-state index contributed by atoms with van der Waals surface area (Å²) in [6, 6.07) is 1.88. The number of aromatic nitrogens is 2. The van der Waals surface area contributed by atoms with Gasteiger partial charge in [-0.05, 0) is 46.7 Å². The minimum atomic E-state index is -0.449. The SMILES string of the molecule is CCN(CCCNCc1ccncn1)C(=O)OC(C)(C)C. The zero-order valence-electron chi connectivity index (χ0n) is 13.4. The third-order valence-electron chi connectivity index (χ3n) is 2.76. The number of amides is 1. The molecule has 118 valence electrons. The average Bonchev–Trinajstić information content (AvgIpc) is 2.42. The number of nitrogens with one attached hydrogen (secondary N) is 1. The number of carbonyl (C=O) groups excluding carboxylic acids is 1. The van der Waals surface area contributed by atoms with E-state index in [4.69, 9.17) is 4.74 Å². The fraction of sp³-hybridized carbons (Fsp3) is 0.667. The molecule has 1 N–H and O–H groups in total. The van der Waals surface area contributed by atoms with Gasteiger partial charge >= 0.3 is 6.09 Å². The molecule has 6 nitrogen and oxygen atoms in total. The zero-order chi connectivity index (χ0) is 15.7. The van der Waals surface area contributed by atoms with E-state index in [9.17, 15) is 4.79 Å². The standard InChI is InChI=1S/C15H26N4O2/c1-5-19(14(20)21-15(2,3)4)10-6-8-16-11-13-7-9-17-12-18-13/h7,9,12,16H,5-6,8,10-11H2,1-4H3. The van der Waals surface area contributed by atoms with Crippen LogP contribution in [0.25, 0.3) is 0 Å². The molecule has 0 aliphatic heterocycles. The van der Waals surface area contributed by atoms with Crippen molar-refractivity contribution in [3.05, 3.63) is 24.3 Å². The van der Waals surface area contributed by atoms with Crippen molar-refractivity contribution >= 4 is 6.09 Å². The molecule has 0 bridgehead atoms. The van der Waals surface area contributed by atoms with Crippen LogP contribution in [0.15, 0.2) is 18.6 Å². The van der Waals surface area contributed by atoms with Gasteiger partial charge < -0.3 is 15.0 Å². The topological polar surface area (TPSA) is 67.3 Å². The summed E-state index contributed by atoms with van der Waals surface area (Å²) in [4.78, 5) is 21.7. The molecule has 0 unspecified atom stereocenters. The molecule has 1 amide bonds. The van der Waals surface area contributed by atoms with Crippen LogP contribution in [-0.2, 0) is 11.3 Å². The molecule has 0 spiro atoms. The molecular weight excluding hydrogens is 268 g/mol. The summed E-state index contributed by atoms with van der Waals surface area (Å²) < 4.78 is 5.37. The van der Waals surface area contributed by atoms with Crippen LogP contribution >= 0.6 is 0 Å². The van der Waals surface area contributed by atoms with Crippen LogP contribution in [0.4, 0.5) is 4.79 Å². The van der Waals surface area contributed by atoms with E-state index in [1.54, 1.807) is 17.4 Å². The first kappa shape index (κ1) is 17.4. The number of ether oxygens (including phenoxy) is 1. The Labute approximate surface area is 126 Å². The van der Waals surface area contributed by atoms with Gasteiger partial charge in [0, 0.05) is 25.8 Å². The van der Waals surface area contributed by atoms with Gasteiger partial charge in [0.05, 0.1) is 5.69 Å². The Hall–Kier alpha value is -1.69. The average molecular weight is 294 g/mol. The van der Waals surface area contributed by atoms with Gasteiger partial charge in [-0.2, -0.15) is 0 Å². The van der Waals surface area contributed by atoms with E-state index in [-0.39, 0.29) is 6.09 Å². The maximum absolute atomic E-state index is 11.9. The van der Waals surface area contributed by atoms with Gasteiger partial charge in [0.25, 0.3) is 0 Å². The van der Waals surface area contributed by atoms with E-state index in [0.717, 1.165) is 18.7 Å². The third-order valence-corrected chi connectivity index (χ3v) is 2.76. The fourth-order valence-corrected chi connectivity index (χ4v) is 1.74. The van der Waals surface area contributed by atoms with E-state index < -0.39 is 5.60 Å². The molecule has 1 aromatic rings. The molecule has 6 heteroatoms. The highest BCUT2D eigenvalue weighted by atomic mass is 16.6. The maximum Gasteiger partial charge on any atom is 0.410 e. The molecule has 21 heavy (non-hydrogen) atoms. The van der Waals surface area contributed by atoms with E-state index in [2.05, 4.69) is 15.3 Å². The van der Waals surface area contributed by atoms with Crippen LogP contribution in [0.1, 0.15) is 39.8 Å². The van der Waals surface area contributed by atoms with Crippen molar-refractivity contribution in [2.75, 3.05) is 19.6 Å². The van der Waals surface area contributed by atoms with Crippen molar-refractivity contribution in [1.29, 1.82) is 0 Å². The molecule has 0 aliphatic carbocycles. The van der Waals surface area contributed by atoms with Gasteiger partial charge in [-0.1, -0.05) is 0 Å². The van der Waals surface area contributed by atoms with Crippen molar-refractivity contribution in [2.24, 2.45) is 0 Å². The summed E-state index contributed by atoms with van der Waals surface area (Å²) in [5, 5.41) is 3.30. The summed E-state index contributed by atoms with van der Waals surface area (Å²) in [5.74, 6) is 0. The second-order valence-corrected chi connectivity index (χ2v) is 5.79. The van der Waals surface area contributed by atoms with Gasteiger partial charge in [-0.25, -0.2) is 14.8 Å². The highest BCUT2D eigenvalue weighted by Crippen LogP contribution is 2.09. The van der Waals surface area contributed by atoms with Crippen LogP contribution in [0.2, 0.25) is 0 Å². The molecule has 1 aromatic heterocycles. The van der Waals surface area contributed by atoms with Crippen LogP contribution in [0.5, 0.6) is 0 Å².